The molecule has 172 valence electrons. The van der Waals surface area contributed by atoms with Gasteiger partial charge in [-0.2, -0.15) is 5.10 Å². The van der Waals surface area contributed by atoms with Gasteiger partial charge < -0.3 is 18.9 Å². The number of ether oxygens (including phenoxy) is 1. The van der Waals surface area contributed by atoms with Crippen LogP contribution in [0, 0.1) is 0 Å². The molecule has 1 N–H and O–H groups in total. The smallest absolute Gasteiger partial charge is 0.325 e. The zero-order valence-electron chi connectivity index (χ0n) is 18.0. The van der Waals surface area contributed by atoms with Gasteiger partial charge in [-0.15, -0.1) is 0 Å². The number of para-hydroxylation sites is 1. The number of fused-ring (bicyclic) bond motifs is 2. The molecule has 6 rings (SSSR count). The van der Waals surface area contributed by atoms with Crippen molar-refractivity contribution in [3.05, 3.63) is 78.1 Å². The zero-order valence-corrected chi connectivity index (χ0v) is 18.0. The van der Waals surface area contributed by atoms with Crippen molar-refractivity contribution in [1.82, 2.24) is 15.2 Å². The van der Waals surface area contributed by atoms with Crippen LogP contribution in [0.4, 0.5) is 4.79 Å². The Kier molecular flexibility index (Phi) is 4.54. The Morgan fingerprint density at radius 2 is 1.91 bits per heavy atom. The Morgan fingerprint density at radius 1 is 1.09 bits per heavy atom. The standard InChI is InChI=1S/C24H20N4O6/c29-21(28-17(20-8-4-11-33-20)13-16(26-28)19-7-3-10-32-19)14-27-22(30)24(25-23(27)31)9-12-34-18-6-2-1-5-15(18)24/h1-8,10-11,17H,9,12-14H2,(H,25,31). The zero-order chi connectivity index (χ0) is 23.3. The maximum Gasteiger partial charge on any atom is 0.325 e. The van der Waals surface area contributed by atoms with Crippen LogP contribution < -0.4 is 10.1 Å². The van der Waals surface area contributed by atoms with Crippen molar-refractivity contribution >= 4 is 23.6 Å². The van der Waals surface area contributed by atoms with Gasteiger partial charge in [0, 0.05) is 18.4 Å². The Hall–Kier alpha value is -4.34. The van der Waals surface area contributed by atoms with E-state index in [0.717, 1.165) is 4.90 Å². The molecule has 1 saturated heterocycles. The third-order valence-electron chi connectivity index (χ3n) is 6.39. The van der Waals surface area contributed by atoms with Crippen LogP contribution in [0.15, 0.2) is 75.0 Å². The summed E-state index contributed by atoms with van der Waals surface area (Å²) in [5.74, 6) is 0.639. The molecule has 0 bridgehead atoms. The van der Waals surface area contributed by atoms with E-state index in [1.165, 1.54) is 17.5 Å². The molecular formula is C24H20N4O6. The van der Waals surface area contributed by atoms with Gasteiger partial charge in [0.05, 0.1) is 19.1 Å². The Balaban J connectivity index is 1.29. The van der Waals surface area contributed by atoms with Crippen molar-refractivity contribution in [1.29, 1.82) is 0 Å². The first-order valence-corrected chi connectivity index (χ1v) is 10.9. The molecule has 0 radical (unpaired) electrons. The van der Waals surface area contributed by atoms with Gasteiger partial charge in [-0.25, -0.2) is 9.80 Å². The van der Waals surface area contributed by atoms with Crippen LogP contribution >= 0.6 is 0 Å². The summed E-state index contributed by atoms with van der Waals surface area (Å²) < 4.78 is 16.6. The highest BCUT2D eigenvalue weighted by molar-refractivity contribution is 6.10. The highest BCUT2D eigenvalue weighted by Gasteiger charge is 2.55. The largest absolute Gasteiger partial charge is 0.493 e. The van der Waals surface area contributed by atoms with Crippen LogP contribution in [-0.2, 0) is 15.1 Å². The Labute approximate surface area is 193 Å². The lowest BCUT2D eigenvalue weighted by Gasteiger charge is -2.33. The predicted molar refractivity (Wildman–Crippen MR) is 117 cm³/mol. The minimum absolute atomic E-state index is 0.272. The van der Waals surface area contributed by atoms with E-state index in [2.05, 4.69) is 10.4 Å². The van der Waals surface area contributed by atoms with Crippen molar-refractivity contribution in [2.75, 3.05) is 13.2 Å². The van der Waals surface area contributed by atoms with E-state index in [1.54, 1.807) is 48.5 Å². The van der Waals surface area contributed by atoms with Gasteiger partial charge in [0.2, 0.25) is 0 Å². The average Bonchev–Trinajstić information content (AvgIpc) is 3.64. The van der Waals surface area contributed by atoms with Crippen molar-refractivity contribution < 1.29 is 28.0 Å². The van der Waals surface area contributed by atoms with Gasteiger partial charge in [-0.1, -0.05) is 18.2 Å². The summed E-state index contributed by atoms with van der Waals surface area (Å²) in [6.45, 7) is -0.185. The van der Waals surface area contributed by atoms with Crippen LogP contribution in [-0.4, -0.2) is 46.6 Å². The van der Waals surface area contributed by atoms with Crippen LogP contribution in [0.25, 0.3) is 0 Å². The summed E-state index contributed by atoms with van der Waals surface area (Å²) in [7, 11) is 0. The van der Waals surface area contributed by atoms with Crippen molar-refractivity contribution in [3.63, 3.8) is 0 Å². The van der Waals surface area contributed by atoms with E-state index < -0.39 is 36.0 Å². The van der Waals surface area contributed by atoms with Crippen LogP contribution in [0.3, 0.4) is 0 Å². The molecule has 2 atom stereocenters. The van der Waals surface area contributed by atoms with E-state index in [-0.39, 0.29) is 13.0 Å². The van der Waals surface area contributed by atoms with E-state index in [9.17, 15) is 14.4 Å². The van der Waals surface area contributed by atoms with Crippen LogP contribution in [0.1, 0.15) is 36.0 Å². The first-order chi connectivity index (χ1) is 16.6. The number of nitrogens with zero attached hydrogens (tertiary/aromatic N) is 3. The molecule has 0 aliphatic carbocycles. The third kappa shape index (κ3) is 3.02. The van der Waals surface area contributed by atoms with E-state index in [4.69, 9.17) is 13.6 Å². The molecule has 2 aromatic heterocycles. The number of carbonyl (C=O) groups is 3. The van der Waals surface area contributed by atoms with Crippen molar-refractivity contribution in [3.8, 4) is 5.75 Å². The van der Waals surface area contributed by atoms with E-state index in [0.29, 0.717) is 35.0 Å². The molecule has 3 aliphatic rings. The molecule has 1 fully saturated rings. The number of hydrogen-bond acceptors (Lipinski definition) is 7. The maximum atomic E-state index is 13.5. The van der Waals surface area contributed by atoms with Gasteiger partial charge in [-0.3, -0.25) is 14.5 Å². The first kappa shape index (κ1) is 20.3. The van der Waals surface area contributed by atoms with Gasteiger partial charge in [0.1, 0.15) is 35.6 Å². The molecule has 0 saturated carbocycles. The second-order valence-corrected chi connectivity index (χ2v) is 8.32. The number of amides is 4. The lowest BCUT2D eigenvalue weighted by atomic mass is 9.84. The normalized spacial score (nSPS) is 23.6. The molecule has 34 heavy (non-hydrogen) atoms. The highest BCUT2D eigenvalue weighted by atomic mass is 16.5. The summed E-state index contributed by atoms with van der Waals surface area (Å²) in [6.07, 6.45) is 3.70. The molecule has 3 aliphatic heterocycles. The molecule has 2 unspecified atom stereocenters. The molecular weight excluding hydrogens is 440 g/mol. The van der Waals surface area contributed by atoms with Crippen LogP contribution in [0.2, 0.25) is 0 Å². The summed E-state index contributed by atoms with van der Waals surface area (Å²) in [5, 5.41) is 8.53. The summed E-state index contributed by atoms with van der Waals surface area (Å²) in [4.78, 5) is 40.7. The van der Waals surface area contributed by atoms with Gasteiger partial charge in [-0.05, 0) is 30.3 Å². The monoisotopic (exact) mass is 460 g/mol. The van der Waals surface area contributed by atoms with Gasteiger partial charge in [0.15, 0.2) is 5.54 Å². The Morgan fingerprint density at radius 3 is 2.71 bits per heavy atom. The number of urea groups is 1. The number of hydrazone groups is 1. The third-order valence-corrected chi connectivity index (χ3v) is 6.39. The average molecular weight is 460 g/mol. The molecule has 3 aromatic rings. The van der Waals surface area contributed by atoms with Crippen molar-refractivity contribution in [2.24, 2.45) is 5.10 Å². The first-order valence-electron chi connectivity index (χ1n) is 10.9. The molecule has 5 heterocycles. The fourth-order valence-electron chi connectivity index (χ4n) is 4.76. The summed E-state index contributed by atoms with van der Waals surface area (Å²) >= 11 is 0. The topological polar surface area (TPSA) is 118 Å². The minimum Gasteiger partial charge on any atom is -0.493 e. The van der Waals surface area contributed by atoms with Gasteiger partial charge in [0.25, 0.3) is 11.8 Å². The Bertz CT molecular complexity index is 1300. The number of hydrogen-bond donors (Lipinski definition) is 1. The molecule has 1 aromatic carbocycles. The molecule has 4 amide bonds. The quantitative estimate of drug-likeness (QED) is 0.599. The lowest BCUT2D eigenvalue weighted by molar-refractivity contribution is -0.140. The lowest BCUT2D eigenvalue weighted by Crippen LogP contribution is -2.48. The second-order valence-electron chi connectivity index (χ2n) is 8.32. The highest BCUT2D eigenvalue weighted by Crippen LogP contribution is 2.41. The number of nitrogens with one attached hydrogen (secondary N) is 1. The van der Waals surface area contributed by atoms with E-state index >= 15 is 0 Å². The second kappa shape index (κ2) is 7.62. The van der Waals surface area contributed by atoms with Gasteiger partial charge >= 0.3 is 6.03 Å². The summed E-state index contributed by atoms with van der Waals surface area (Å²) in [6, 6.07) is 12.9. The number of imide groups is 1. The molecule has 10 heteroatoms. The fourth-order valence-corrected chi connectivity index (χ4v) is 4.76. The van der Waals surface area contributed by atoms with Crippen molar-refractivity contribution in [2.45, 2.75) is 24.4 Å². The summed E-state index contributed by atoms with van der Waals surface area (Å²) in [5.41, 5.74) is -0.0886. The number of furan rings is 2. The van der Waals surface area contributed by atoms with Crippen LogP contribution in [0.5, 0.6) is 5.75 Å². The molecule has 1 spiro atoms. The maximum absolute atomic E-state index is 13.5. The number of rotatable bonds is 4. The predicted octanol–water partition coefficient (Wildman–Crippen LogP) is 2.78. The minimum atomic E-state index is -1.25. The number of benzene rings is 1. The fraction of sp³-hybridized carbons (Fsp3) is 0.250. The number of carbonyl (C=O) groups excluding carboxylic acids is 3. The molecule has 10 nitrogen and oxygen atoms in total. The van der Waals surface area contributed by atoms with E-state index in [1.807, 2.05) is 0 Å². The SMILES string of the molecule is O=C1NC2(CCOc3ccccc32)C(=O)N1CC(=O)N1N=C(c2ccco2)CC1c1ccco1.